The van der Waals surface area contributed by atoms with Crippen molar-refractivity contribution in [3.05, 3.63) is 35.9 Å². The molecule has 0 saturated heterocycles. The van der Waals surface area contributed by atoms with E-state index in [0.717, 1.165) is 32.8 Å². The largest absolute Gasteiger partial charge is 0.380 e. The zero-order valence-electron chi connectivity index (χ0n) is 11.4. The van der Waals surface area contributed by atoms with Crippen molar-refractivity contribution in [1.29, 1.82) is 0 Å². The molecule has 0 amide bonds. The summed E-state index contributed by atoms with van der Waals surface area (Å²) in [5.74, 6) is 1.26. The fourth-order valence-corrected chi connectivity index (χ4v) is 1.98. The lowest BCUT2D eigenvalue weighted by Crippen LogP contribution is -2.29. The van der Waals surface area contributed by atoms with E-state index < -0.39 is 0 Å². The lowest BCUT2D eigenvalue weighted by molar-refractivity contribution is 0.0851. The van der Waals surface area contributed by atoms with Crippen molar-refractivity contribution in [2.45, 2.75) is 20.4 Å². The first-order valence-electron chi connectivity index (χ1n) is 6.62. The Morgan fingerprint density at radius 2 is 1.89 bits per heavy atom. The number of hydrogen-bond donors (Lipinski definition) is 0. The van der Waals surface area contributed by atoms with Crippen LogP contribution in [0, 0.1) is 5.92 Å². The maximum absolute atomic E-state index is 5.84. The Morgan fingerprint density at radius 1 is 1.17 bits per heavy atom. The highest BCUT2D eigenvalue weighted by atomic mass is 35.5. The second-order valence-corrected chi connectivity index (χ2v) is 5.30. The van der Waals surface area contributed by atoms with E-state index in [4.69, 9.17) is 16.3 Å². The SMILES string of the molecule is CC(C)COCCN(CCCl)Cc1ccccc1. The average Bonchev–Trinajstić information content (AvgIpc) is 2.36. The number of rotatable bonds is 9. The number of benzene rings is 1. The van der Waals surface area contributed by atoms with Gasteiger partial charge in [0.25, 0.3) is 0 Å². The maximum Gasteiger partial charge on any atom is 0.0593 e. The van der Waals surface area contributed by atoms with Gasteiger partial charge in [0.05, 0.1) is 6.61 Å². The molecule has 0 atom stereocenters. The van der Waals surface area contributed by atoms with Gasteiger partial charge in [-0.1, -0.05) is 44.2 Å². The minimum Gasteiger partial charge on any atom is -0.380 e. The van der Waals surface area contributed by atoms with Gasteiger partial charge in [-0.3, -0.25) is 4.90 Å². The maximum atomic E-state index is 5.84. The predicted molar refractivity (Wildman–Crippen MR) is 78.1 cm³/mol. The van der Waals surface area contributed by atoms with Gasteiger partial charge in [-0.15, -0.1) is 11.6 Å². The molecule has 102 valence electrons. The number of halogens is 1. The summed E-state index contributed by atoms with van der Waals surface area (Å²) in [4.78, 5) is 2.34. The zero-order valence-corrected chi connectivity index (χ0v) is 12.2. The average molecular weight is 270 g/mol. The van der Waals surface area contributed by atoms with Gasteiger partial charge in [0, 0.05) is 32.1 Å². The van der Waals surface area contributed by atoms with Gasteiger partial charge >= 0.3 is 0 Å². The van der Waals surface area contributed by atoms with Crippen LogP contribution >= 0.6 is 11.6 Å². The van der Waals surface area contributed by atoms with Crippen LogP contribution in [0.25, 0.3) is 0 Å². The van der Waals surface area contributed by atoms with Crippen LogP contribution in [0.4, 0.5) is 0 Å². The first-order chi connectivity index (χ1) is 8.72. The fraction of sp³-hybridized carbons (Fsp3) is 0.600. The molecule has 0 radical (unpaired) electrons. The van der Waals surface area contributed by atoms with Crippen molar-refractivity contribution in [2.75, 3.05) is 32.2 Å². The van der Waals surface area contributed by atoms with Crippen molar-refractivity contribution < 1.29 is 4.74 Å². The third-order valence-corrected chi connectivity index (χ3v) is 2.82. The third-order valence-electron chi connectivity index (χ3n) is 2.65. The van der Waals surface area contributed by atoms with Crippen molar-refractivity contribution >= 4 is 11.6 Å². The van der Waals surface area contributed by atoms with E-state index in [1.807, 2.05) is 6.07 Å². The molecule has 0 bridgehead atoms. The van der Waals surface area contributed by atoms with Crippen LogP contribution < -0.4 is 0 Å². The fourth-order valence-electron chi connectivity index (χ4n) is 1.74. The number of alkyl halides is 1. The zero-order chi connectivity index (χ0) is 13.2. The molecule has 3 heteroatoms. The molecule has 2 nitrogen and oxygen atoms in total. The van der Waals surface area contributed by atoms with E-state index in [0.29, 0.717) is 11.8 Å². The monoisotopic (exact) mass is 269 g/mol. The smallest absolute Gasteiger partial charge is 0.0593 e. The van der Waals surface area contributed by atoms with E-state index in [1.54, 1.807) is 0 Å². The third kappa shape index (κ3) is 7.00. The Bertz CT molecular complexity index is 303. The van der Waals surface area contributed by atoms with Crippen molar-refractivity contribution in [3.63, 3.8) is 0 Å². The molecule has 0 N–H and O–H groups in total. The summed E-state index contributed by atoms with van der Waals surface area (Å²) < 4.78 is 5.62. The number of hydrogen-bond acceptors (Lipinski definition) is 2. The van der Waals surface area contributed by atoms with Crippen molar-refractivity contribution in [2.24, 2.45) is 5.92 Å². The van der Waals surface area contributed by atoms with E-state index in [-0.39, 0.29) is 0 Å². The highest BCUT2D eigenvalue weighted by Crippen LogP contribution is 2.04. The summed E-state index contributed by atoms with van der Waals surface area (Å²) in [5, 5.41) is 0. The molecule has 0 saturated carbocycles. The molecule has 0 fully saturated rings. The number of ether oxygens (including phenoxy) is 1. The second-order valence-electron chi connectivity index (χ2n) is 4.92. The first kappa shape index (κ1) is 15.5. The highest BCUT2D eigenvalue weighted by Gasteiger charge is 2.05. The Kier molecular flexibility index (Phi) is 8.06. The van der Waals surface area contributed by atoms with Crippen LogP contribution in [0.5, 0.6) is 0 Å². The van der Waals surface area contributed by atoms with Crippen LogP contribution in [-0.2, 0) is 11.3 Å². The molecule has 0 spiro atoms. The molecular formula is C15H24ClNO. The Labute approximate surface area is 116 Å². The standard InChI is InChI=1S/C15H24ClNO/c1-14(2)13-18-11-10-17(9-8-16)12-15-6-4-3-5-7-15/h3-7,14H,8-13H2,1-2H3. The van der Waals surface area contributed by atoms with Crippen molar-refractivity contribution in [3.8, 4) is 0 Å². The van der Waals surface area contributed by atoms with Crippen molar-refractivity contribution in [1.82, 2.24) is 4.90 Å². The summed E-state index contributed by atoms with van der Waals surface area (Å²) >= 11 is 5.84. The summed E-state index contributed by atoms with van der Waals surface area (Å²) in [6.45, 7) is 8.73. The van der Waals surface area contributed by atoms with Crippen LogP contribution in [0.1, 0.15) is 19.4 Å². The van der Waals surface area contributed by atoms with Crippen LogP contribution in [0.15, 0.2) is 30.3 Å². The normalized spacial score (nSPS) is 11.4. The van der Waals surface area contributed by atoms with Gasteiger partial charge in [0.1, 0.15) is 0 Å². The van der Waals surface area contributed by atoms with Gasteiger partial charge in [-0.25, -0.2) is 0 Å². The Hall–Kier alpha value is -0.570. The van der Waals surface area contributed by atoms with E-state index >= 15 is 0 Å². The Balaban J connectivity index is 2.31. The highest BCUT2D eigenvalue weighted by molar-refractivity contribution is 6.18. The molecule has 0 aliphatic heterocycles. The lowest BCUT2D eigenvalue weighted by Gasteiger charge is -2.21. The topological polar surface area (TPSA) is 12.5 Å². The predicted octanol–water partition coefficient (Wildman–Crippen LogP) is 3.40. The molecule has 0 unspecified atom stereocenters. The van der Waals surface area contributed by atoms with Crippen LogP contribution in [0.2, 0.25) is 0 Å². The van der Waals surface area contributed by atoms with Gasteiger partial charge in [0.2, 0.25) is 0 Å². The summed E-state index contributed by atoms with van der Waals surface area (Å²) in [6.07, 6.45) is 0. The molecule has 0 aromatic heterocycles. The summed E-state index contributed by atoms with van der Waals surface area (Å²) in [7, 11) is 0. The van der Waals surface area contributed by atoms with E-state index in [9.17, 15) is 0 Å². The number of nitrogens with zero attached hydrogens (tertiary/aromatic N) is 1. The Morgan fingerprint density at radius 3 is 2.50 bits per heavy atom. The van der Waals surface area contributed by atoms with E-state index in [1.165, 1.54) is 5.56 Å². The molecule has 0 aliphatic carbocycles. The second kappa shape index (κ2) is 9.37. The summed E-state index contributed by atoms with van der Waals surface area (Å²) in [5.41, 5.74) is 1.33. The molecular weight excluding hydrogens is 246 g/mol. The first-order valence-corrected chi connectivity index (χ1v) is 7.16. The van der Waals surface area contributed by atoms with Gasteiger partial charge in [0.15, 0.2) is 0 Å². The molecule has 1 rings (SSSR count). The van der Waals surface area contributed by atoms with Crippen LogP contribution in [-0.4, -0.2) is 37.1 Å². The molecule has 0 heterocycles. The van der Waals surface area contributed by atoms with Gasteiger partial charge in [-0.2, -0.15) is 0 Å². The van der Waals surface area contributed by atoms with Crippen LogP contribution in [0.3, 0.4) is 0 Å². The molecule has 18 heavy (non-hydrogen) atoms. The minimum absolute atomic E-state index is 0.598. The molecule has 1 aromatic carbocycles. The molecule has 0 aliphatic rings. The van der Waals surface area contributed by atoms with E-state index in [2.05, 4.69) is 43.0 Å². The van der Waals surface area contributed by atoms with Gasteiger partial charge in [-0.05, 0) is 11.5 Å². The minimum atomic E-state index is 0.598. The van der Waals surface area contributed by atoms with Gasteiger partial charge < -0.3 is 4.74 Å². The summed E-state index contributed by atoms with van der Waals surface area (Å²) in [6, 6.07) is 10.5. The lowest BCUT2D eigenvalue weighted by atomic mass is 10.2. The molecule has 1 aromatic rings. The quantitative estimate of drug-likeness (QED) is 0.503.